The molecular weight excluding hydrogens is 387 g/mol. The number of carbonyl (C=O) groups excluding carboxylic acids is 2. The van der Waals surface area contributed by atoms with Gasteiger partial charge in [-0.1, -0.05) is 36.4 Å². The van der Waals surface area contributed by atoms with Crippen LogP contribution in [-0.4, -0.2) is 25.1 Å². The third-order valence-electron chi connectivity index (χ3n) is 3.92. The molecular formula is C21H16F3NO4. The second-order valence-electron chi connectivity index (χ2n) is 6.09. The summed E-state index contributed by atoms with van der Waals surface area (Å²) in [4.78, 5) is 23.6. The molecule has 3 aromatic carbocycles. The van der Waals surface area contributed by atoms with Crippen LogP contribution in [-0.2, 0) is 20.5 Å². The average Bonchev–Trinajstić information content (AvgIpc) is 2.70. The number of nitrogens with one attached hydrogen (secondary N) is 1. The van der Waals surface area contributed by atoms with Crippen LogP contribution in [0.3, 0.4) is 0 Å². The van der Waals surface area contributed by atoms with Crippen molar-refractivity contribution >= 4 is 28.3 Å². The molecule has 0 atom stereocenters. The zero-order valence-corrected chi connectivity index (χ0v) is 15.0. The zero-order chi connectivity index (χ0) is 20.9. The fourth-order valence-electron chi connectivity index (χ4n) is 2.56. The first kappa shape index (κ1) is 20.2. The van der Waals surface area contributed by atoms with Crippen LogP contribution in [0.2, 0.25) is 0 Å². The Hall–Kier alpha value is -3.55. The summed E-state index contributed by atoms with van der Waals surface area (Å²) < 4.78 is 47.7. The lowest BCUT2D eigenvalue weighted by molar-refractivity contribution is -0.149. The highest BCUT2D eigenvalue weighted by Crippen LogP contribution is 2.31. The molecule has 5 nitrogen and oxygen atoms in total. The van der Waals surface area contributed by atoms with Gasteiger partial charge in [0.2, 0.25) is 0 Å². The van der Waals surface area contributed by atoms with E-state index in [9.17, 15) is 22.8 Å². The van der Waals surface area contributed by atoms with Gasteiger partial charge in [-0.2, -0.15) is 13.2 Å². The summed E-state index contributed by atoms with van der Waals surface area (Å²) in [6, 6.07) is 17.1. The maximum atomic E-state index is 12.6. The molecule has 0 fully saturated rings. The van der Waals surface area contributed by atoms with E-state index in [0.717, 1.165) is 22.9 Å². The highest BCUT2D eigenvalue weighted by atomic mass is 19.4. The number of hydrogen-bond donors (Lipinski definition) is 1. The molecule has 8 heteroatoms. The maximum absolute atomic E-state index is 12.6. The van der Waals surface area contributed by atoms with Crippen LogP contribution in [0.4, 0.5) is 18.9 Å². The molecule has 3 rings (SSSR count). The average molecular weight is 403 g/mol. The number of halogens is 3. The summed E-state index contributed by atoms with van der Waals surface area (Å²) in [6.07, 6.45) is -4.51. The highest BCUT2D eigenvalue weighted by Gasteiger charge is 2.30. The number of fused-ring (bicyclic) bond motifs is 1. The van der Waals surface area contributed by atoms with E-state index in [4.69, 9.17) is 9.47 Å². The first-order chi connectivity index (χ1) is 13.8. The minimum absolute atomic E-state index is 0.127. The van der Waals surface area contributed by atoms with Gasteiger partial charge in [-0.05, 0) is 41.1 Å². The van der Waals surface area contributed by atoms with Gasteiger partial charge in [-0.15, -0.1) is 0 Å². The summed E-state index contributed by atoms with van der Waals surface area (Å²) in [5, 5.41) is 4.56. The summed E-state index contributed by atoms with van der Waals surface area (Å²) in [5.74, 6) is -1.55. The number of alkyl halides is 3. The van der Waals surface area contributed by atoms with Crippen molar-refractivity contribution in [1.82, 2.24) is 0 Å². The molecule has 0 unspecified atom stereocenters. The molecule has 0 radical (unpaired) electrons. The predicted octanol–water partition coefficient (Wildman–Crippen LogP) is 4.42. The van der Waals surface area contributed by atoms with Gasteiger partial charge in [-0.3, -0.25) is 4.79 Å². The van der Waals surface area contributed by atoms with Crippen LogP contribution in [0, 0.1) is 0 Å². The Morgan fingerprint density at radius 1 is 0.862 bits per heavy atom. The molecule has 0 aliphatic heterocycles. The number of ether oxygens (including phenoxy) is 2. The van der Waals surface area contributed by atoms with E-state index in [1.807, 2.05) is 30.3 Å². The van der Waals surface area contributed by atoms with Crippen molar-refractivity contribution in [2.75, 3.05) is 18.5 Å². The van der Waals surface area contributed by atoms with Crippen molar-refractivity contribution < 1.29 is 32.2 Å². The largest absolute Gasteiger partial charge is 0.482 e. The quantitative estimate of drug-likeness (QED) is 0.619. The lowest BCUT2D eigenvalue weighted by atomic mass is 10.1. The van der Waals surface area contributed by atoms with Gasteiger partial charge >= 0.3 is 12.1 Å². The molecule has 0 spiro atoms. The van der Waals surface area contributed by atoms with E-state index in [1.54, 1.807) is 12.1 Å². The molecule has 1 amide bonds. The Bertz CT molecular complexity index is 1030. The molecule has 150 valence electrons. The SMILES string of the molecule is O=C(COC(=O)COc1cccc(C(F)(F)F)c1)Nc1ccc2ccccc2c1. The van der Waals surface area contributed by atoms with Gasteiger partial charge < -0.3 is 14.8 Å². The molecule has 0 aromatic heterocycles. The lowest BCUT2D eigenvalue weighted by Gasteiger charge is -2.10. The molecule has 3 aromatic rings. The molecule has 0 bridgehead atoms. The summed E-state index contributed by atoms with van der Waals surface area (Å²) in [5.41, 5.74) is -0.344. The molecule has 29 heavy (non-hydrogen) atoms. The van der Waals surface area contributed by atoms with Crippen LogP contribution in [0.15, 0.2) is 66.7 Å². The van der Waals surface area contributed by atoms with E-state index in [-0.39, 0.29) is 5.75 Å². The van der Waals surface area contributed by atoms with Crippen molar-refractivity contribution in [1.29, 1.82) is 0 Å². The minimum Gasteiger partial charge on any atom is -0.482 e. The van der Waals surface area contributed by atoms with E-state index in [2.05, 4.69) is 5.32 Å². The van der Waals surface area contributed by atoms with Crippen LogP contribution in [0.5, 0.6) is 5.75 Å². The monoisotopic (exact) mass is 403 g/mol. The van der Waals surface area contributed by atoms with Crippen molar-refractivity contribution in [3.63, 3.8) is 0 Å². The normalized spacial score (nSPS) is 11.1. The molecule has 0 aliphatic carbocycles. The Balaban J connectivity index is 1.47. The van der Waals surface area contributed by atoms with E-state index >= 15 is 0 Å². The smallest absolute Gasteiger partial charge is 0.416 e. The standard InChI is InChI=1S/C21H16F3NO4/c22-21(23,24)16-6-3-7-18(11-16)28-13-20(27)29-12-19(26)25-17-9-8-14-4-1-2-5-15(14)10-17/h1-11H,12-13H2,(H,25,26). The number of anilines is 1. The van der Waals surface area contributed by atoms with Crippen molar-refractivity contribution in [2.24, 2.45) is 0 Å². The third-order valence-corrected chi connectivity index (χ3v) is 3.92. The Labute approximate surface area is 164 Å². The first-order valence-corrected chi connectivity index (χ1v) is 8.55. The van der Waals surface area contributed by atoms with Gasteiger partial charge in [0.25, 0.3) is 5.91 Å². The van der Waals surface area contributed by atoms with E-state index in [0.29, 0.717) is 5.69 Å². The van der Waals surface area contributed by atoms with Crippen LogP contribution >= 0.6 is 0 Å². The lowest BCUT2D eigenvalue weighted by Crippen LogP contribution is -2.23. The third kappa shape index (κ3) is 5.71. The van der Waals surface area contributed by atoms with Crippen LogP contribution < -0.4 is 10.1 Å². The summed E-state index contributed by atoms with van der Waals surface area (Å²) >= 11 is 0. The molecule has 1 N–H and O–H groups in total. The fourth-order valence-corrected chi connectivity index (χ4v) is 2.56. The van der Waals surface area contributed by atoms with Gasteiger partial charge in [0.05, 0.1) is 5.56 Å². The number of amides is 1. The summed E-state index contributed by atoms with van der Waals surface area (Å²) in [7, 11) is 0. The number of hydrogen-bond acceptors (Lipinski definition) is 4. The topological polar surface area (TPSA) is 64.6 Å². The maximum Gasteiger partial charge on any atom is 0.416 e. The van der Waals surface area contributed by atoms with Crippen molar-refractivity contribution in [3.05, 3.63) is 72.3 Å². The second-order valence-corrected chi connectivity index (χ2v) is 6.09. The van der Waals surface area contributed by atoms with Gasteiger partial charge in [0.15, 0.2) is 13.2 Å². The molecule has 0 saturated carbocycles. The van der Waals surface area contributed by atoms with Gasteiger partial charge in [-0.25, -0.2) is 4.79 Å². The van der Waals surface area contributed by atoms with E-state index < -0.39 is 36.8 Å². The number of esters is 1. The van der Waals surface area contributed by atoms with Crippen molar-refractivity contribution in [2.45, 2.75) is 6.18 Å². The van der Waals surface area contributed by atoms with Gasteiger partial charge in [0, 0.05) is 5.69 Å². The van der Waals surface area contributed by atoms with Crippen LogP contribution in [0.1, 0.15) is 5.56 Å². The highest BCUT2D eigenvalue weighted by molar-refractivity contribution is 5.95. The first-order valence-electron chi connectivity index (χ1n) is 8.55. The van der Waals surface area contributed by atoms with Gasteiger partial charge in [0.1, 0.15) is 5.75 Å². The van der Waals surface area contributed by atoms with E-state index in [1.165, 1.54) is 12.1 Å². The molecule has 0 heterocycles. The fraction of sp³-hybridized carbons (Fsp3) is 0.143. The van der Waals surface area contributed by atoms with Crippen LogP contribution in [0.25, 0.3) is 10.8 Å². The summed E-state index contributed by atoms with van der Waals surface area (Å²) in [6.45, 7) is -1.16. The predicted molar refractivity (Wildman–Crippen MR) is 100 cm³/mol. The molecule has 0 aliphatic rings. The Kier molecular flexibility index (Phi) is 6.01. The Morgan fingerprint density at radius 2 is 1.62 bits per heavy atom. The number of rotatable bonds is 6. The number of carbonyl (C=O) groups is 2. The Morgan fingerprint density at radius 3 is 2.38 bits per heavy atom. The molecule has 0 saturated heterocycles. The number of benzene rings is 3. The second kappa shape index (κ2) is 8.64. The zero-order valence-electron chi connectivity index (χ0n) is 15.0. The minimum atomic E-state index is -4.51. The van der Waals surface area contributed by atoms with Crippen molar-refractivity contribution in [3.8, 4) is 5.75 Å².